The van der Waals surface area contributed by atoms with E-state index in [1.807, 2.05) is 18.2 Å². The van der Waals surface area contributed by atoms with Crippen LogP contribution in [0.25, 0.3) is 10.8 Å². The minimum absolute atomic E-state index is 0.0185. The topological polar surface area (TPSA) is 241 Å². The molecule has 0 radical (unpaired) electrons. The Kier molecular flexibility index (Phi) is 11.4. The number of phenols is 1. The summed E-state index contributed by atoms with van der Waals surface area (Å²) < 4.78 is 35.6. The minimum atomic E-state index is -4.40. The van der Waals surface area contributed by atoms with E-state index in [2.05, 4.69) is 39.9 Å². The summed E-state index contributed by atoms with van der Waals surface area (Å²) in [4.78, 5) is 43.0. The number of likely N-dealkylation sites (N-methyl/N-ethyl adjacent to an activating group) is 1. The van der Waals surface area contributed by atoms with Gasteiger partial charge in [0.05, 0.1) is 46.7 Å². The predicted octanol–water partition coefficient (Wildman–Crippen LogP) is 7.46. The smallest absolute Gasteiger partial charge is 0.298 e. The van der Waals surface area contributed by atoms with E-state index in [-0.39, 0.29) is 63.4 Å². The number of hydrogen-bond donors (Lipinski definition) is 4. The summed E-state index contributed by atoms with van der Waals surface area (Å²) in [6, 6.07) is 14.5. The largest absolute Gasteiger partial charge is 0.505 e. The highest BCUT2D eigenvalue weighted by molar-refractivity contribution is 7.94. The molecule has 0 spiro atoms. The molecule has 0 saturated carbocycles. The van der Waals surface area contributed by atoms with E-state index in [0.717, 1.165) is 20.0 Å². The molecule has 58 heavy (non-hydrogen) atoms. The van der Waals surface area contributed by atoms with Crippen LogP contribution in [0.15, 0.2) is 98.5 Å². The van der Waals surface area contributed by atoms with Gasteiger partial charge in [-0.05, 0) is 60.9 Å². The third-order valence-corrected chi connectivity index (χ3v) is 11.5. The number of benzene rings is 4. The maximum absolute atomic E-state index is 14.0. The molecule has 298 valence electrons. The number of rotatable bonds is 13. The number of hydrogen-bond acceptors (Lipinski definition) is 18. The lowest BCUT2D eigenvalue weighted by atomic mass is 9.78. The lowest BCUT2D eigenvalue weighted by Crippen LogP contribution is -2.30. The van der Waals surface area contributed by atoms with Crippen LogP contribution >= 0.6 is 12.0 Å². The normalized spacial score (nSPS) is 14.4. The fourth-order valence-electron chi connectivity index (χ4n) is 6.91. The zero-order chi connectivity index (χ0) is 41.3. The van der Waals surface area contributed by atoms with Crippen LogP contribution in [0.1, 0.15) is 68.9 Å². The second-order valence-electron chi connectivity index (χ2n) is 13.4. The molecular weight excluding hydrogens is 789 g/mol. The fraction of sp³-hybridized carbons (Fsp3) is 0.205. The molecule has 0 fully saturated rings. The zero-order valence-corrected chi connectivity index (χ0v) is 33.1. The Morgan fingerprint density at radius 1 is 1.02 bits per heavy atom. The monoisotopic (exact) mass is 824 g/mol. The molecule has 0 bridgehead atoms. The number of phenolic OH excluding ortho intramolecular Hbond substituents is 1. The van der Waals surface area contributed by atoms with Crippen molar-refractivity contribution in [2.45, 2.75) is 42.4 Å². The Morgan fingerprint density at radius 2 is 1.76 bits per heavy atom. The lowest BCUT2D eigenvalue weighted by molar-refractivity contribution is -0.432. The highest BCUT2D eigenvalue weighted by Gasteiger charge is 2.38. The van der Waals surface area contributed by atoms with Crippen LogP contribution in [0.3, 0.4) is 0 Å². The van der Waals surface area contributed by atoms with E-state index in [4.69, 9.17) is 15.2 Å². The maximum Gasteiger partial charge on any atom is 0.298 e. The molecule has 7 rings (SSSR count). The van der Waals surface area contributed by atoms with Gasteiger partial charge in [0.2, 0.25) is 11.9 Å². The minimum Gasteiger partial charge on any atom is -0.505 e. The van der Waals surface area contributed by atoms with Gasteiger partial charge in [-0.25, -0.2) is 5.26 Å². The summed E-state index contributed by atoms with van der Waals surface area (Å²) in [5.41, 5.74) is 7.44. The maximum atomic E-state index is 14.0. The first-order valence-corrected chi connectivity index (χ1v) is 19.9. The van der Waals surface area contributed by atoms with Crippen LogP contribution in [0, 0.1) is 6.92 Å². The van der Waals surface area contributed by atoms with Crippen molar-refractivity contribution in [3.05, 3.63) is 112 Å². The van der Waals surface area contributed by atoms with Gasteiger partial charge >= 0.3 is 0 Å². The molecule has 17 nitrogen and oxygen atoms in total. The summed E-state index contributed by atoms with van der Waals surface area (Å²) in [7, 11) is -1.70. The molecular formula is C39H36N8O9S2. The quantitative estimate of drug-likeness (QED) is 0.0221. The number of ketones is 2. The van der Waals surface area contributed by atoms with Gasteiger partial charge in [-0.3, -0.25) is 13.8 Å². The predicted molar refractivity (Wildman–Crippen MR) is 215 cm³/mol. The molecule has 1 unspecified atom stereocenters. The van der Waals surface area contributed by atoms with Gasteiger partial charge in [0, 0.05) is 35.7 Å². The van der Waals surface area contributed by atoms with Gasteiger partial charge in [0.1, 0.15) is 16.4 Å². The summed E-state index contributed by atoms with van der Waals surface area (Å²) in [6.07, 6.45) is 7.39. The number of anilines is 4. The molecule has 5 aromatic rings. The number of aromatic nitrogens is 3. The Labute approximate surface area is 336 Å². The molecule has 1 atom stereocenters. The summed E-state index contributed by atoms with van der Waals surface area (Å²) in [5, 5.41) is 37.0. The summed E-state index contributed by atoms with van der Waals surface area (Å²) in [5.74, 6) is -1.18. The van der Waals surface area contributed by atoms with Gasteiger partial charge < -0.3 is 21.1 Å². The van der Waals surface area contributed by atoms with Crippen molar-refractivity contribution in [1.82, 2.24) is 15.0 Å². The highest BCUT2D eigenvalue weighted by atomic mass is 32.2. The molecule has 4 aromatic carbocycles. The van der Waals surface area contributed by atoms with E-state index in [9.17, 15) is 23.1 Å². The lowest BCUT2D eigenvalue weighted by Gasteiger charge is -2.28. The Morgan fingerprint density at radius 3 is 2.45 bits per heavy atom. The fourth-order valence-corrected chi connectivity index (χ4v) is 8.23. The van der Waals surface area contributed by atoms with E-state index in [1.54, 1.807) is 68.3 Å². The van der Waals surface area contributed by atoms with Crippen molar-refractivity contribution in [2.75, 3.05) is 36.7 Å². The zero-order valence-electron chi connectivity index (χ0n) is 31.5. The third-order valence-electron chi connectivity index (χ3n) is 9.59. The summed E-state index contributed by atoms with van der Waals surface area (Å²) >= 11 is 0.631. The van der Waals surface area contributed by atoms with Gasteiger partial charge in [-0.2, -0.15) is 28.5 Å². The molecule has 0 aliphatic heterocycles. The highest BCUT2D eigenvalue weighted by Crippen LogP contribution is 2.47. The number of nitrogens with two attached hydrogens (primary N) is 1. The average molecular weight is 825 g/mol. The molecule has 5 N–H and O–H groups in total. The first-order chi connectivity index (χ1) is 27.8. The van der Waals surface area contributed by atoms with Crippen LogP contribution in [0.4, 0.5) is 29.0 Å². The van der Waals surface area contributed by atoms with Crippen molar-refractivity contribution in [3.63, 3.8) is 0 Å². The number of allylic oxidation sites excluding steroid dienone is 3. The molecule has 1 aromatic heterocycles. The molecule has 0 saturated heterocycles. The van der Waals surface area contributed by atoms with E-state index >= 15 is 0 Å². The molecule has 19 heteroatoms. The van der Waals surface area contributed by atoms with Crippen molar-refractivity contribution in [3.8, 4) is 5.75 Å². The van der Waals surface area contributed by atoms with Gasteiger partial charge in [0.25, 0.3) is 10.1 Å². The number of nitrogen functional groups attached to an aromatic ring is 1. The first kappa shape index (κ1) is 40.1. The molecule has 2 aliphatic carbocycles. The van der Waals surface area contributed by atoms with E-state index in [0.29, 0.717) is 44.9 Å². The molecule has 1 heterocycles. The Balaban J connectivity index is 1.23. The number of carbonyl (C=O) groups is 2. The van der Waals surface area contributed by atoms with Crippen LogP contribution < -0.4 is 16.0 Å². The molecule has 2 aliphatic rings. The molecule has 0 amide bonds. The SMILES string of the molecule is COS(=O)(=O)c1cc(C(C)CN(C)c2nc(C)nc(Nc3cccc4cc(SOOO)c(N=NC5=CCCC=C5)c(O)c34)n2)c2c(c1N)C(=O)c1ccccc1C2=O. The van der Waals surface area contributed by atoms with Crippen LogP contribution in [-0.2, 0) is 23.7 Å². The number of nitrogens with zero attached hydrogens (tertiary/aromatic N) is 6. The van der Waals surface area contributed by atoms with E-state index in [1.165, 1.54) is 12.1 Å². The average Bonchev–Trinajstić information content (AvgIpc) is 3.21. The van der Waals surface area contributed by atoms with Crippen LogP contribution in [-0.4, -0.2) is 66.0 Å². The van der Waals surface area contributed by atoms with Crippen molar-refractivity contribution < 1.29 is 41.9 Å². The number of carbonyl (C=O) groups excluding carboxylic acids is 2. The van der Waals surface area contributed by atoms with Crippen molar-refractivity contribution in [2.24, 2.45) is 10.2 Å². The van der Waals surface area contributed by atoms with Crippen molar-refractivity contribution >= 4 is 73.5 Å². The third kappa shape index (κ3) is 7.65. The number of fused-ring (bicyclic) bond motifs is 3. The van der Waals surface area contributed by atoms with Gasteiger partial charge in [0.15, 0.2) is 17.3 Å². The van der Waals surface area contributed by atoms with Crippen molar-refractivity contribution in [1.29, 1.82) is 0 Å². The number of azo groups is 1. The Bertz CT molecular complexity index is 2700. The number of aromatic hydroxyl groups is 1. The first-order valence-electron chi connectivity index (χ1n) is 17.7. The second kappa shape index (κ2) is 16.4. The number of nitrogens with one attached hydrogen (secondary N) is 1. The van der Waals surface area contributed by atoms with Crippen LogP contribution in [0.5, 0.6) is 5.75 Å². The van der Waals surface area contributed by atoms with Crippen LogP contribution in [0.2, 0.25) is 0 Å². The van der Waals surface area contributed by atoms with Gasteiger partial charge in [-0.1, -0.05) is 60.5 Å². The standard InChI is InChI=1S/C39H36N8O9S2/c1-20(26-18-29(58(52,53)54-4)33(40)32-31(26)35(48)24-14-8-9-15-25(24)36(32)49)19-47(3)39-42-21(2)41-38(44-39)43-27-16-10-11-22-17-28(57-56-55-51)34(37(50)30(22)27)46-45-23-12-6-5-7-13-23/h6,8-18,20,50-51H,5,7,19,40H2,1-4H3,(H,41,42,43,44). The van der Waals surface area contributed by atoms with E-state index < -0.39 is 32.5 Å². The Hall–Kier alpha value is -6.09. The number of aryl methyl sites for hydroxylation is 1. The van der Waals surface area contributed by atoms with Gasteiger partial charge in [-0.15, -0.1) is 9.45 Å². The summed E-state index contributed by atoms with van der Waals surface area (Å²) in [6.45, 7) is 3.59. The second-order valence-corrected chi connectivity index (χ2v) is 15.8.